The zero-order valence-corrected chi connectivity index (χ0v) is 29.1. The van der Waals surface area contributed by atoms with Gasteiger partial charge in [-0.2, -0.15) is 0 Å². The molecule has 5 rings (SSSR count). The molecule has 5 aliphatic rings. The average Bonchev–Trinajstić information content (AvgIpc) is 3.88. The van der Waals surface area contributed by atoms with Gasteiger partial charge in [0, 0.05) is 6.61 Å². The highest BCUT2D eigenvalue weighted by atomic mass is 16.6. The van der Waals surface area contributed by atoms with Crippen LogP contribution in [0.25, 0.3) is 0 Å². The van der Waals surface area contributed by atoms with Gasteiger partial charge in [0.05, 0.1) is 50.8 Å². The largest absolute Gasteiger partial charge is 0.388 e. The minimum atomic E-state index is -0.525. The summed E-state index contributed by atoms with van der Waals surface area (Å²) in [6.07, 6.45) is 20.9. The quantitative estimate of drug-likeness (QED) is 0.187. The molecule has 1 heterocycles. The SMILES string of the molecule is CCOC1CCC(C(C)(C)C2CCC(OCC(O)COC3CCC(C(C)(C)C4CCC(OCC5CO5)CC4)CC3)CC2)CC1. The van der Waals surface area contributed by atoms with Crippen molar-refractivity contribution in [2.45, 2.75) is 174 Å². The normalized spacial score (nSPS) is 37.9. The number of aliphatic hydroxyl groups excluding tert-OH is 1. The zero-order chi connectivity index (χ0) is 31.2. The van der Waals surface area contributed by atoms with Gasteiger partial charge < -0.3 is 28.8 Å². The molecule has 256 valence electrons. The van der Waals surface area contributed by atoms with Gasteiger partial charge in [0.2, 0.25) is 0 Å². The molecular formula is C38H68O6. The molecule has 4 aliphatic carbocycles. The highest BCUT2D eigenvalue weighted by molar-refractivity contribution is 4.92. The van der Waals surface area contributed by atoms with Gasteiger partial charge in [0.1, 0.15) is 12.2 Å². The van der Waals surface area contributed by atoms with Crippen LogP contribution < -0.4 is 0 Å². The van der Waals surface area contributed by atoms with Crippen molar-refractivity contribution in [1.29, 1.82) is 0 Å². The van der Waals surface area contributed by atoms with Crippen LogP contribution in [-0.4, -0.2) is 74.8 Å². The molecular weight excluding hydrogens is 552 g/mol. The van der Waals surface area contributed by atoms with Gasteiger partial charge in [-0.25, -0.2) is 0 Å². The molecule has 4 saturated carbocycles. The van der Waals surface area contributed by atoms with E-state index >= 15 is 0 Å². The third-order valence-corrected chi connectivity index (χ3v) is 13.3. The van der Waals surface area contributed by atoms with Crippen LogP contribution >= 0.6 is 0 Å². The Morgan fingerprint density at radius 3 is 1.18 bits per heavy atom. The van der Waals surface area contributed by atoms with Crippen LogP contribution in [-0.2, 0) is 23.7 Å². The van der Waals surface area contributed by atoms with E-state index in [1.54, 1.807) is 0 Å². The second kappa shape index (κ2) is 16.2. The standard InChI is InChI=1S/C38H68O6/c1-6-40-32-15-7-27(8-16-32)37(2,3)28-9-17-33(18-10-28)41-23-31(39)24-42-34-19-11-29(12-20-34)38(4,5)30-13-21-35(22-14-30)43-25-36-26-44-36/h27-36,39H,6-26H2,1-5H3. The van der Waals surface area contributed by atoms with E-state index in [1.807, 2.05) is 0 Å². The van der Waals surface area contributed by atoms with Gasteiger partial charge in [0.25, 0.3) is 0 Å². The summed E-state index contributed by atoms with van der Waals surface area (Å²) >= 11 is 0. The van der Waals surface area contributed by atoms with Crippen LogP contribution in [0.1, 0.15) is 137 Å². The predicted octanol–water partition coefficient (Wildman–Crippen LogP) is 8.12. The maximum absolute atomic E-state index is 10.7. The zero-order valence-electron chi connectivity index (χ0n) is 29.1. The summed E-state index contributed by atoms with van der Waals surface area (Å²) in [5, 5.41) is 10.7. The van der Waals surface area contributed by atoms with Gasteiger partial charge in [-0.15, -0.1) is 0 Å². The Morgan fingerprint density at radius 1 is 0.545 bits per heavy atom. The number of hydrogen-bond acceptors (Lipinski definition) is 6. The Labute approximate surface area is 270 Å². The lowest BCUT2D eigenvalue weighted by atomic mass is 9.60. The number of rotatable bonds is 15. The first-order valence-electron chi connectivity index (χ1n) is 18.9. The van der Waals surface area contributed by atoms with E-state index in [0.29, 0.717) is 42.4 Å². The molecule has 0 aromatic carbocycles. The maximum atomic E-state index is 10.7. The molecule has 2 atom stereocenters. The third kappa shape index (κ3) is 9.66. The molecule has 0 amide bonds. The number of hydrogen-bond donors (Lipinski definition) is 1. The van der Waals surface area contributed by atoms with Crippen LogP contribution in [0.15, 0.2) is 0 Å². The van der Waals surface area contributed by atoms with E-state index in [0.717, 1.165) is 69.2 Å². The van der Waals surface area contributed by atoms with Crippen molar-refractivity contribution in [2.24, 2.45) is 34.5 Å². The fourth-order valence-corrected chi connectivity index (χ4v) is 9.75. The monoisotopic (exact) mass is 621 g/mol. The van der Waals surface area contributed by atoms with Crippen LogP contribution in [0.4, 0.5) is 0 Å². The summed E-state index contributed by atoms with van der Waals surface area (Å²) in [4.78, 5) is 0. The molecule has 0 radical (unpaired) electrons. The fraction of sp³-hybridized carbons (Fsp3) is 1.00. The van der Waals surface area contributed by atoms with Crippen molar-refractivity contribution in [2.75, 3.05) is 33.0 Å². The molecule has 0 aromatic rings. The average molecular weight is 621 g/mol. The number of aliphatic hydroxyl groups is 1. The second-order valence-corrected chi connectivity index (χ2v) is 16.6. The lowest BCUT2D eigenvalue weighted by Crippen LogP contribution is -2.40. The Balaban J connectivity index is 0.925. The van der Waals surface area contributed by atoms with Gasteiger partial charge in [-0.3, -0.25) is 0 Å². The van der Waals surface area contributed by atoms with Crippen molar-refractivity contribution in [3.05, 3.63) is 0 Å². The third-order valence-electron chi connectivity index (χ3n) is 13.3. The van der Waals surface area contributed by atoms with Gasteiger partial charge in [-0.1, -0.05) is 27.7 Å². The van der Waals surface area contributed by atoms with E-state index in [1.165, 1.54) is 77.0 Å². The molecule has 0 bridgehead atoms. The van der Waals surface area contributed by atoms with Crippen LogP contribution in [0, 0.1) is 34.5 Å². The molecule has 0 spiro atoms. The first-order valence-corrected chi connectivity index (χ1v) is 18.9. The Bertz CT molecular complexity index is 809. The van der Waals surface area contributed by atoms with Gasteiger partial charge in [0.15, 0.2) is 0 Å². The van der Waals surface area contributed by atoms with Crippen molar-refractivity contribution >= 4 is 0 Å². The molecule has 6 nitrogen and oxygen atoms in total. The summed E-state index contributed by atoms with van der Waals surface area (Å²) in [5.74, 6) is 3.15. The summed E-state index contributed by atoms with van der Waals surface area (Å²) in [6.45, 7) is 15.5. The van der Waals surface area contributed by atoms with Crippen molar-refractivity contribution in [3.63, 3.8) is 0 Å². The molecule has 2 unspecified atom stereocenters. The number of epoxide rings is 1. The highest BCUT2D eigenvalue weighted by Gasteiger charge is 2.42. The first kappa shape index (κ1) is 35.1. The van der Waals surface area contributed by atoms with Crippen LogP contribution in [0.5, 0.6) is 0 Å². The number of ether oxygens (including phenoxy) is 5. The molecule has 44 heavy (non-hydrogen) atoms. The van der Waals surface area contributed by atoms with E-state index in [-0.39, 0.29) is 12.2 Å². The van der Waals surface area contributed by atoms with E-state index in [4.69, 9.17) is 23.7 Å². The molecule has 1 aliphatic heterocycles. The Kier molecular flexibility index (Phi) is 12.9. The molecule has 1 saturated heterocycles. The van der Waals surface area contributed by atoms with Crippen molar-refractivity contribution in [3.8, 4) is 0 Å². The smallest absolute Gasteiger partial charge is 0.104 e. The van der Waals surface area contributed by atoms with E-state index in [2.05, 4.69) is 34.6 Å². The van der Waals surface area contributed by atoms with Crippen molar-refractivity contribution < 1.29 is 28.8 Å². The van der Waals surface area contributed by atoms with E-state index < -0.39 is 6.10 Å². The predicted molar refractivity (Wildman–Crippen MR) is 176 cm³/mol. The van der Waals surface area contributed by atoms with Crippen LogP contribution in [0.2, 0.25) is 0 Å². The fourth-order valence-electron chi connectivity index (χ4n) is 9.75. The molecule has 1 N–H and O–H groups in total. The highest BCUT2D eigenvalue weighted by Crippen LogP contribution is 2.50. The summed E-state index contributed by atoms with van der Waals surface area (Å²) < 4.78 is 29.8. The summed E-state index contributed by atoms with van der Waals surface area (Å²) in [5.41, 5.74) is 0.767. The van der Waals surface area contributed by atoms with Gasteiger partial charge >= 0.3 is 0 Å². The molecule has 5 fully saturated rings. The first-order chi connectivity index (χ1) is 21.1. The topological polar surface area (TPSA) is 69.7 Å². The van der Waals surface area contributed by atoms with E-state index in [9.17, 15) is 5.11 Å². The minimum Gasteiger partial charge on any atom is -0.388 e. The lowest BCUT2D eigenvalue weighted by Gasteiger charge is -2.46. The van der Waals surface area contributed by atoms with Gasteiger partial charge in [-0.05, 0) is 144 Å². The lowest BCUT2D eigenvalue weighted by molar-refractivity contribution is -0.0878. The summed E-state index contributed by atoms with van der Waals surface area (Å²) in [6, 6.07) is 0. The maximum Gasteiger partial charge on any atom is 0.104 e. The Morgan fingerprint density at radius 2 is 0.864 bits per heavy atom. The molecule has 0 aromatic heterocycles. The second-order valence-electron chi connectivity index (χ2n) is 16.6. The Hall–Kier alpha value is -0.240. The minimum absolute atomic E-state index is 0.284. The van der Waals surface area contributed by atoms with Crippen LogP contribution in [0.3, 0.4) is 0 Å². The van der Waals surface area contributed by atoms with Crippen molar-refractivity contribution in [1.82, 2.24) is 0 Å². The molecule has 6 heteroatoms. The summed E-state index contributed by atoms with van der Waals surface area (Å²) in [7, 11) is 0.